The summed E-state index contributed by atoms with van der Waals surface area (Å²) < 4.78 is 27.5. The number of aromatic nitrogens is 1. The first-order chi connectivity index (χ1) is 15.5. The minimum absolute atomic E-state index is 0.345. The quantitative estimate of drug-likeness (QED) is 0.399. The zero-order valence-corrected chi connectivity index (χ0v) is 20.8. The Balaban J connectivity index is 1.75. The summed E-state index contributed by atoms with van der Waals surface area (Å²) in [6.45, 7) is 7.72. The summed E-state index contributed by atoms with van der Waals surface area (Å²) in [6.07, 6.45) is 2.60. The van der Waals surface area contributed by atoms with Crippen molar-refractivity contribution < 1.29 is 13.2 Å². The predicted octanol–water partition coefficient (Wildman–Crippen LogP) is 4.28. The Morgan fingerprint density at radius 1 is 1.06 bits per heavy atom. The molecule has 0 fully saturated rings. The van der Waals surface area contributed by atoms with Gasteiger partial charge in [-0.2, -0.15) is 5.10 Å². The number of hydrogen-bond acceptors (Lipinski definition) is 4. The number of halogens is 1. The van der Waals surface area contributed by atoms with Gasteiger partial charge in [0.15, 0.2) is 0 Å². The molecule has 1 N–H and O–H groups in total. The molecule has 174 valence electrons. The summed E-state index contributed by atoms with van der Waals surface area (Å²) in [7, 11) is -3.68. The van der Waals surface area contributed by atoms with Crippen LogP contribution in [0.5, 0.6) is 0 Å². The third-order valence-electron chi connectivity index (χ3n) is 5.13. The largest absolute Gasteiger partial charge is 0.318 e. The number of hydrogen-bond donors (Lipinski definition) is 1. The number of nitrogens with one attached hydrogen (secondary N) is 1. The van der Waals surface area contributed by atoms with Crippen LogP contribution in [0.2, 0.25) is 5.02 Å². The zero-order valence-electron chi connectivity index (χ0n) is 19.3. The molecule has 0 spiro atoms. The van der Waals surface area contributed by atoms with Gasteiger partial charge in [-0.05, 0) is 81.3 Å². The minimum atomic E-state index is -3.68. The van der Waals surface area contributed by atoms with Gasteiger partial charge in [-0.25, -0.2) is 13.8 Å². The monoisotopic (exact) mass is 486 g/mol. The number of aryl methyl sites for hydroxylation is 3. The molecular formula is C24H27ClN4O3S. The fourth-order valence-electron chi connectivity index (χ4n) is 3.74. The maximum atomic E-state index is 12.4. The van der Waals surface area contributed by atoms with E-state index < -0.39 is 22.5 Å². The van der Waals surface area contributed by atoms with E-state index in [4.69, 9.17) is 11.6 Å². The maximum absolute atomic E-state index is 12.4. The third-order valence-corrected chi connectivity index (χ3v) is 6.52. The first-order valence-electron chi connectivity index (χ1n) is 10.3. The molecule has 33 heavy (non-hydrogen) atoms. The Bertz CT molecular complexity index is 1290. The second kappa shape index (κ2) is 9.80. The molecule has 0 saturated carbocycles. The first kappa shape index (κ1) is 24.5. The van der Waals surface area contributed by atoms with Crippen LogP contribution in [0.3, 0.4) is 0 Å². The van der Waals surface area contributed by atoms with Gasteiger partial charge in [0, 0.05) is 27.7 Å². The van der Waals surface area contributed by atoms with E-state index in [0.29, 0.717) is 10.7 Å². The SMILES string of the molecule is Cc1cc(C)cc(-n2c(C)cc(C=NNC(=O)CN(c3ccc(Cl)cc3)S(C)(=O)=O)c2C)c1. The number of sulfonamides is 1. The number of hydrazone groups is 1. The highest BCUT2D eigenvalue weighted by Gasteiger charge is 2.20. The van der Waals surface area contributed by atoms with Crippen LogP contribution in [0.4, 0.5) is 5.69 Å². The molecule has 9 heteroatoms. The van der Waals surface area contributed by atoms with Crippen LogP contribution in [0.25, 0.3) is 5.69 Å². The Morgan fingerprint density at radius 3 is 2.24 bits per heavy atom. The van der Waals surface area contributed by atoms with E-state index in [9.17, 15) is 13.2 Å². The van der Waals surface area contributed by atoms with Gasteiger partial charge in [-0.1, -0.05) is 17.7 Å². The summed E-state index contributed by atoms with van der Waals surface area (Å²) in [6, 6.07) is 14.6. The van der Waals surface area contributed by atoms with E-state index in [0.717, 1.165) is 33.2 Å². The molecule has 0 aliphatic carbocycles. The molecule has 3 aromatic rings. The molecule has 0 aliphatic heterocycles. The lowest BCUT2D eigenvalue weighted by Gasteiger charge is -2.21. The molecule has 0 unspecified atom stereocenters. The van der Waals surface area contributed by atoms with Crippen LogP contribution < -0.4 is 9.73 Å². The first-order valence-corrected chi connectivity index (χ1v) is 12.5. The highest BCUT2D eigenvalue weighted by molar-refractivity contribution is 7.92. The molecule has 3 rings (SSSR count). The lowest BCUT2D eigenvalue weighted by Crippen LogP contribution is -2.39. The summed E-state index contributed by atoms with van der Waals surface area (Å²) in [5.41, 5.74) is 9.06. The van der Waals surface area contributed by atoms with Gasteiger partial charge in [0.2, 0.25) is 10.0 Å². The molecule has 0 aliphatic rings. The zero-order chi connectivity index (χ0) is 24.3. The van der Waals surface area contributed by atoms with Crippen molar-refractivity contribution in [1.82, 2.24) is 9.99 Å². The van der Waals surface area contributed by atoms with Gasteiger partial charge in [0.05, 0.1) is 18.2 Å². The van der Waals surface area contributed by atoms with E-state index >= 15 is 0 Å². The van der Waals surface area contributed by atoms with Crippen molar-refractivity contribution in [3.8, 4) is 5.69 Å². The van der Waals surface area contributed by atoms with Crippen LogP contribution in [0, 0.1) is 27.7 Å². The highest BCUT2D eigenvalue weighted by atomic mass is 35.5. The fourth-order valence-corrected chi connectivity index (χ4v) is 4.72. The molecule has 1 amide bonds. The number of benzene rings is 2. The molecular weight excluding hydrogens is 460 g/mol. The smallest absolute Gasteiger partial charge is 0.260 e. The molecule has 0 radical (unpaired) electrons. The van der Waals surface area contributed by atoms with Gasteiger partial charge in [0.1, 0.15) is 6.54 Å². The predicted molar refractivity (Wildman–Crippen MR) is 134 cm³/mol. The lowest BCUT2D eigenvalue weighted by molar-refractivity contribution is -0.119. The second-order valence-electron chi connectivity index (χ2n) is 8.05. The van der Waals surface area contributed by atoms with Gasteiger partial charge < -0.3 is 4.57 Å². The van der Waals surface area contributed by atoms with Crippen molar-refractivity contribution >= 4 is 39.4 Å². The second-order valence-corrected chi connectivity index (χ2v) is 10.4. The van der Waals surface area contributed by atoms with Crippen molar-refractivity contribution in [3.63, 3.8) is 0 Å². The van der Waals surface area contributed by atoms with Gasteiger partial charge in [0.25, 0.3) is 5.91 Å². The number of nitrogens with zero attached hydrogens (tertiary/aromatic N) is 3. The van der Waals surface area contributed by atoms with E-state index in [-0.39, 0.29) is 0 Å². The van der Waals surface area contributed by atoms with Crippen LogP contribution >= 0.6 is 11.6 Å². The average Bonchev–Trinajstić information content (AvgIpc) is 2.98. The highest BCUT2D eigenvalue weighted by Crippen LogP contribution is 2.22. The van der Waals surface area contributed by atoms with Gasteiger partial charge in [-0.3, -0.25) is 9.10 Å². The van der Waals surface area contributed by atoms with Crippen molar-refractivity contribution in [2.24, 2.45) is 5.10 Å². The van der Waals surface area contributed by atoms with Crippen molar-refractivity contribution in [3.05, 3.63) is 81.6 Å². The van der Waals surface area contributed by atoms with Crippen LogP contribution in [0.15, 0.2) is 53.6 Å². The molecule has 0 bridgehead atoms. The molecule has 0 saturated heterocycles. The Morgan fingerprint density at radius 2 is 1.67 bits per heavy atom. The number of carbonyl (C=O) groups excluding carboxylic acids is 1. The minimum Gasteiger partial charge on any atom is -0.318 e. The van der Waals surface area contributed by atoms with Crippen LogP contribution in [0.1, 0.15) is 28.1 Å². The fraction of sp³-hybridized carbons (Fsp3) is 0.250. The summed E-state index contributed by atoms with van der Waals surface area (Å²) in [4.78, 5) is 12.4. The average molecular weight is 487 g/mol. The van der Waals surface area contributed by atoms with Gasteiger partial charge >= 0.3 is 0 Å². The summed E-state index contributed by atoms with van der Waals surface area (Å²) >= 11 is 5.87. The van der Waals surface area contributed by atoms with Crippen LogP contribution in [-0.4, -0.2) is 37.9 Å². The molecule has 0 atom stereocenters. The maximum Gasteiger partial charge on any atom is 0.260 e. The molecule has 1 heterocycles. The van der Waals surface area contributed by atoms with Crippen LogP contribution in [-0.2, 0) is 14.8 Å². The Labute approximate surface area is 199 Å². The third kappa shape index (κ3) is 6.03. The number of amides is 1. The normalized spacial score (nSPS) is 11.7. The van der Waals surface area contributed by atoms with E-state index in [1.54, 1.807) is 30.5 Å². The number of rotatable bonds is 7. The van der Waals surface area contributed by atoms with E-state index in [2.05, 4.69) is 47.1 Å². The van der Waals surface area contributed by atoms with Crippen molar-refractivity contribution in [1.29, 1.82) is 0 Å². The Kier molecular flexibility index (Phi) is 7.29. The number of anilines is 1. The topological polar surface area (TPSA) is 83.8 Å². The molecule has 7 nitrogen and oxygen atoms in total. The Hall–Kier alpha value is -3.10. The summed E-state index contributed by atoms with van der Waals surface area (Å²) in [5.74, 6) is -0.560. The van der Waals surface area contributed by atoms with Gasteiger partial charge in [-0.15, -0.1) is 0 Å². The molecule has 1 aromatic heterocycles. The molecule has 2 aromatic carbocycles. The summed E-state index contributed by atoms with van der Waals surface area (Å²) in [5, 5.41) is 4.52. The standard InChI is InChI=1S/C24H27ClN4O3S/c1-16-10-17(2)12-23(11-16)29-18(3)13-20(19(29)4)14-26-27-24(30)15-28(33(5,31)32)22-8-6-21(25)7-9-22/h6-14H,15H2,1-5H3,(H,27,30). The van der Waals surface area contributed by atoms with E-state index in [1.807, 2.05) is 19.9 Å². The lowest BCUT2D eigenvalue weighted by atomic mass is 10.1. The van der Waals surface area contributed by atoms with Crippen molar-refractivity contribution in [2.75, 3.05) is 17.1 Å². The van der Waals surface area contributed by atoms with E-state index in [1.165, 1.54) is 11.1 Å². The van der Waals surface area contributed by atoms with Crippen molar-refractivity contribution in [2.45, 2.75) is 27.7 Å². The number of carbonyl (C=O) groups is 1.